The topological polar surface area (TPSA) is 117 Å². The van der Waals surface area contributed by atoms with E-state index in [1.54, 1.807) is 0 Å². The number of hydrogen-bond donors (Lipinski definition) is 2. The molecule has 8 nitrogen and oxygen atoms in total. The molecule has 0 aliphatic carbocycles. The van der Waals surface area contributed by atoms with Crippen LogP contribution in [0.2, 0.25) is 0 Å². The Morgan fingerprint density at radius 2 is 1.24 bits per heavy atom. The van der Waals surface area contributed by atoms with Crippen molar-refractivity contribution in [3.05, 3.63) is 0 Å². The van der Waals surface area contributed by atoms with E-state index in [4.69, 9.17) is 9.84 Å². The van der Waals surface area contributed by atoms with Crippen LogP contribution in [0.15, 0.2) is 0 Å². The van der Waals surface area contributed by atoms with Gasteiger partial charge in [-0.1, -0.05) is 96.8 Å². The predicted octanol–water partition coefficient (Wildman–Crippen LogP) is 3.78. The van der Waals surface area contributed by atoms with Crippen LogP contribution in [0.25, 0.3) is 0 Å². The van der Waals surface area contributed by atoms with E-state index in [9.17, 15) is 17.8 Å². The SMILES string of the molecule is CCCCCCCCCCCCCCCCCC(=O)OCC[NH+](C)CCO.CCOS(=O)(=O)[O-]. The van der Waals surface area contributed by atoms with Crippen LogP contribution in [-0.2, 0) is 24.1 Å². The molecule has 0 heterocycles. The van der Waals surface area contributed by atoms with Crippen molar-refractivity contribution in [3.8, 4) is 0 Å². The van der Waals surface area contributed by atoms with Crippen molar-refractivity contribution in [1.82, 2.24) is 0 Å². The van der Waals surface area contributed by atoms with Crippen LogP contribution in [0.4, 0.5) is 0 Å². The normalized spacial score (nSPS) is 12.1. The molecule has 0 bridgehead atoms. The summed E-state index contributed by atoms with van der Waals surface area (Å²) in [5.41, 5.74) is 0. The van der Waals surface area contributed by atoms with Gasteiger partial charge in [0.1, 0.15) is 19.7 Å². The predicted molar refractivity (Wildman–Crippen MR) is 136 cm³/mol. The summed E-state index contributed by atoms with van der Waals surface area (Å²) < 4.78 is 37.2. The number of esters is 1. The molecule has 1 atom stereocenters. The Kier molecular flexibility index (Phi) is 28.0. The van der Waals surface area contributed by atoms with Gasteiger partial charge >= 0.3 is 5.97 Å². The molecule has 0 spiro atoms. The number of nitrogens with one attached hydrogen (secondary N) is 1. The maximum Gasteiger partial charge on any atom is 0.305 e. The van der Waals surface area contributed by atoms with Crippen molar-refractivity contribution in [1.29, 1.82) is 0 Å². The first kappa shape index (κ1) is 35.4. The van der Waals surface area contributed by atoms with Crippen molar-refractivity contribution in [2.75, 3.05) is 40.0 Å². The number of hydrogen-bond acceptors (Lipinski definition) is 7. The average Bonchev–Trinajstić information content (AvgIpc) is 2.76. The minimum absolute atomic E-state index is 0.0681. The van der Waals surface area contributed by atoms with E-state index in [2.05, 4.69) is 11.1 Å². The number of ether oxygens (including phenoxy) is 1. The number of aliphatic hydroxyl groups is 1. The third-order valence-corrected chi connectivity index (χ3v) is 6.10. The second-order valence-electron chi connectivity index (χ2n) is 8.92. The highest BCUT2D eigenvalue weighted by Gasteiger charge is 2.05. The number of likely N-dealkylation sites (N-methyl/N-ethyl adjacent to an activating group) is 1. The second-order valence-corrected chi connectivity index (χ2v) is 9.97. The molecule has 0 aromatic carbocycles. The Morgan fingerprint density at radius 3 is 1.59 bits per heavy atom. The molecule has 0 radical (unpaired) electrons. The Bertz CT molecular complexity index is 529. The zero-order chi connectivity index (χ0) is 25.9. The van der Waals surface area contributed by atoms with Crippen molar-refractivity contribution >= 4 is 16.4 Å². The van der Waals surface area contributed by atoms with E-state index in [-0.39, 0.29) is 19.2 Å². The number of unbranched alkanes of at least 4 members (excludes halogenated alkanes) is 14. The lowest BCUT2D eigenvalue weighted by Crippen LogP contribution is -3.10. The molecule has 0 saturated carbocycles. The Morgan fingerprint density at radius 1 is 0.794 bits per heavy atom. The number of carbonyl (C=O) groups is 1. The largest absolute Gasteiger partial charge is 0.726 e. The summed E-state index contributed by atoms with van der Waals surface area (Å²) in [5.74, 6) is -0.0681. The zero-order valence-electron chi connectivity index (χ0n) is 22.2. The third kappa shape index (κ3) is 33.4. The zero-order valence-corrected chi connectivity index (χ0v) is 23.0. The minimum atomic E-state index is -4.42. The molecule has 0 aromatic heterocycles. The molecule has 2 N–H and O–H groups in total. The summed E-state index contributed by atoms with van der Waals surface area (Å²) in [5, 5.41) is 8.82. The standard InChI is InChI=1S/C23H47NO3.C2H6O4S/c1-3-4-5-6-7-8-9-10-11-12-13-14-15-16-17-18-23(26)27-22-20-24(2)19-21-25;1-2-6-7(3,4)5/h25H,3-22H2,1-2H3;2H2,1H3,(H,3,4,5). The van der Waals surface area contributed by atoms with Crippen LogP contribution >= 0.6 is 0 Å². The summed E-state index contributed by atoms with van der Waals surface area (Å²) in [7, 11) is -2.43. The lowest BCUT2D eigenvalue weighted by atomic mass is 10.0. The van der Waals surface area contributed by atoms with Crippen LogP contribution in [0.5, 0.6) is 0 Å². The van der Waals surface area contributed by atoms with Crippen molar-refractivity contribution in [2.45, 2.75) is 117 Å². The fourth-order valence-corrected chi connectivity index (χ4v) is 3.80. The van der Waals surface area contributed by atoms with Gasteiger partial charge in [-0.25, -0.2) is 8.42 Å². The van der Waals surface area contributed by atoms with Crippen LogP contribution < -0.4 is 4.90 Å². The van der Waals surface area contributed by atoms with E-state index in [1.807, 2.05) is 7.05 Å². The molecule has 0 fully saturated rings. The first-order valence-electron chi connectivity index (χ1n) is 13.4. The van der Waals surface area contributed by atoms with Gasteiger partial charge in [-0.05, 0) is 13.3 Å². The van der Waals surface area contributed by atoms with Gasteiger partial charge in [0.05, 0.1) is 20.3 Å². The molecule has 1 unspecified atom stereocenters. The average molecular weight is 512 g/mol. The Labute approximate surface area is 209 Å². The van der Waals surface area contributed by atoms with E-state index in [1.165, 1.54) is 95.3 Å². The van der Waals surface area contributed by atoms with Gasteiger partial charge in [-0.2, -0.15) is 0 Å². The summed E-state index contributed by atoms with van der Waals surface area (Å²) in [6, 6.07) is 0. The first-order chi connectivity index (χ1) is 16.3. The van der Waals surface area contributed by atoms with Gasteiger partial charge in [-0.15, -0.1) is 0 Å². The van der Waals surface area contributed by atoms with Gasteiger partial charge in [-0.3, -0.25) is 8.98 Å². The van der Waals surface area contributed by atoms with Gasteiger partial charge in [0.25, 0.3) is 0 Å². The molecule has 206 valence electrons. The van der Waals surface area contributed by atoms with Crippen LogP contribution in [0, 0.1) is 0 Å². The quantitative estimate of drug-likeness (QED) is 0.0927. The number of aliphatic hydroxyl groups excluding tert-OH is 1. The Balaban J connectivity index is 0. The highest BCUT2D eigenvalue weighted by molar-refractivity contribution is 7.80. The van der Waals surface area contributed by atoms with E-state index >= 15 is 0 Å². The molecular weight excluding hydrogens is 458 g/mol. The van der Waals surface area contributed by atoms with E-state index in [0.717, 1.165) is 19.4 Å². The summed E-state index contributed by atoms with van der Waals surface area (Å²) in [4.78, 5) is 12.8. The molecule has 34 heavy (non-hydrogen) atoms. The molecule has 0 saturated heterocycles. The third-order valence-electron chi connectivity index (χ3n) is 5.58. The van der Waals surface area contributed by atoms with Crippen LogP contribution in [-0.4, -0.2) is 64.0 Å². The fourth-order valence-electron chi connectivity index (χ4n) is 3.51. The maximum atomic E-state index is 11.6. The van der Waals surface area contributed by atoms with Crippen LogP contribution in [0.1, 0.15) is 117 Å². The molecule has 0 aromatic rings. The van der Waals surface area contributed by atoms with E-state index in [0.29, 0.717) is 19.6 Å². The lowest BCUT2D eigenvalue weighted by Gasteiger charge is -2.12. The number of carbonyl (C=O) groups excluding carboxylic acids is 1. The summed E-state index contributed by atoms with van der Waals surface area (Å²) in [6.45, 7) is 5.73. The minimum Gasteiger partial charge on any atom is -0.726 e. The van der Waals surface area contributed by atoms with Gasteiger partial charge in [0, 0.05) is 6.42 Å². The Hall–Kier alpha value is -0.740. The number of rotatable bonds is 23. The maximum absolute atomic E-state index is 11.6. The fraction of sp³-hybridized carbons (Fsp3) is 0.960. The van der Waals surface area contributed by atoms with Gasteiger partial charge < -0.3 is 19.3 Å². The number of quaternary nitrogens is 1. The highest BCUT2D eigenvalue weighted by Crippen LogP contribution is 2.13. The summed E-state index contributed by atoms with van der Waals surface area (Å²) in [6.07, 6.45) is 20.6. The van der Waals surface area contributed by atoms with E-state index < -0.39 is 10.4 Å². The highest BCUT2D eigenvalue weighted by atomic mass is 32.3. The smallest absolute Gasteiger partial charge is 0.305 e. The molecule has 0 rings (SSSR count). The molecule has 0 aliphatic rings. The monoisotopic (exact) mass is 511 g/mol. The van der Waals surface area contributed by atoms with Crippen molar-refractivity contribution < 1.29 is 36.7 Å². The summed E-state index contributed by atoms with van der Waals surface area (Å²) >= 11 is 0. The van der Waals surface area contributed by atoms with Crippen molar-refractivity contribution in [2.24, 2.45) is 0 Å². The first-order valence-corrected chi connectivity index (χ1v) is 14.8. The molecule has 0 amide bonds. The van der Waals surface area contributed by atoms with Crippen LogP contribution in [0.3, 0.4) is 0 Å². The van der Waals surface area contributed by atoms with Gasteiger partial charge in [0.2, 0.25) is 10.4 Å². The lowest BCUT2D eigenvalue weighted by molar-refractivity contribution is -0.880. The molecular formula is C25H53NO7S. The van der Waals surface area contributed by atoms with Crippen molar-refractivity contribution in [3.63, 3.8) is 0 Å². The molecule has 0 aliphatic heterocycles. The molecule has 9 heteroatoms. The van der Waals surface area contributed by atoms with Gasteiger partial charge in [0.15, 0.2) is 0 Å². The second kappa shape index (κ2) is 26.9.